The van der Waals surface area contributed by atoms with Crippen LogP contribution in [0.25, 0.3) is 0 Å². The smallest absolute Gasteiger partial charge is 0.273 e. The Labute approximate surface area is 206 Å². The number of hydrogen-bond donors (Lipinski definition) is 5. The molecule has 1 atom stereocenters. The zero-order valence-electron chi connectivity index (χ0n) is 19.7. The highest BCUT2D eigenvalue weighted by molar-refractivity contribution is 6.42. The number of halogens is 2. The van der Waals surface area contributed by atoms with Gasteiger partial charge in [-0.1, -0.05) is 36.2 Å². The quantitative estimate of drug-likeness (QED) is 0.136. The molecule has 0 saturated carbocycles. The van der Waals surface area contributed by atoms with E-state index >= 15 is 0 Å². The summed E-state index contributed by atoms with van der Waals surface area (Å²) in [7, 11) is 3.47. The summed E-state index contributed by atoms with van der Waals surface area (Å²) >= 11 is 12.1. The fourth-order valence-electron chi connectivity index (χ4n) is 2.86. The normalized spacial score (nSPS) is 13.2. The van der Waals surface area contributed by atoms with Gasteiger partial charge in [-0.2, -0.15) is 0 Å². The van der Waals surface area contributed by atoms with Gasteiger partial charge in [-0.25, -0.2) is 0 Å². The van der Waals surface area contributed by atoms with Gasteiger partial charge < -0.3 is 36.2 Å². The van der Waals surface area contributed by atoms with Crippen LogP contribution in [0, 0.1) is 5.41 Å². The number of benzene rings is 1. The van der Waals surface area contributed by atoms with Gasteiger partial charge in [-0.3, -0.25) is 4.79 Å². The molecule has 1 rings (SSSR count). The van der Waals surface area contributed by atoms with Crippen LogP contribution in [0.4, 0.5) is 0 Å². The molecule has 1 unspecified atom stereocenters. The highest BCUT2D eigenvalue weighted by Gasteiger charge is 2.14. The molecule has 33 heavy (non-hydrogen) atoms. The minimum absolute atomic E-state index is 0.0865. The van der Waals surface area contributed by atoms with Crippen molar-refractivity contribution >= 4 is 35.3 Å². The lowest BCUT2D eigenvalue weighted by atomic mass is 10.2. The van der Waals surface area contributed by atoms with Crippen LogP contribution in [0.1, 0.15) is 25.8 Å². The van der Waals surface area contributed by atoms with Crippen molar-refractivity contribution < 1.29 is 14.3 Å². The van der Waals surface area contributed by atoms with Gasteiger partial charge in [0.2, 0.25) is 0 Å². The molecule has 0 aliphatic heterocycles. The molecular weight excluding hydrogens is 465 g/mol. The van der Waals surface area contributed by atoms with Gasteiger partial charge in [0.25, 0.3) is 5.91 Å². The second-order valence-corrected chi connectivity index (χ2v) is 8.03. The van der Waals surface area contributed by atoms with Crippen LogP contribution in [0.15, 0.2) is 41.4 Å². The van der Waals surface area contributed by atoms with Crippen LogP contribution < -0.4 is 21.3 Å². The molecular formula is C23H35Cl2N5O3. The van der Waals surface area contributed by atoms with Gasteiger partial charge in [0.05, 0.1) is 29.4 Å². The van der Waals surface area contributed by atoms with Crippen molar-refractivity contribution in [2.75, 3.05) is 40.5 Å². The van der Waals surface area contributed by atoms with E-state index < -0.39 is 0 Å². The second kappa shape index (κ2) is 16.5. The van der Waals surface area contributed by atoms with Crippen LogP contribution in [-0.2, 0) is 20.8 Å². The highest BCUT2D eigenvalue weighted by atomic mass is 35.5. The first-order valence-corrected chi connectivity index (χ1v) is 11.5. The predicted octanol–water partition coefficient (Wildman–Crippen LogP) is 3.21. The molecule has 0 fully saturated rings. The van der Waals surface area contributed by atoms with Crippen molar-refractivity contribution in [3.63, 3.8) is 0 Å². The van der Waals surface area contributed by atoms with E-state index in [1.165, 1.54) is 0 Å². The van der Waals surface area contributed by atoms with Gasteiger partial charge in [0.1, 0.15) is 11.5 Å². The second-order valence-electron chi connectivity index (χ2n) is 7.22. The Morgan fingerprint density at radius 1 is 1.24 bits per heavy atom. The molecule has 1 aromatic carbocycles. The molecule has 0 heterocycles. The van der Waals surface area contributed by atoms with Crippen molar-refractivity contribution in [1.29, 1.82) is 5.41 Å². The first kappa shape index (κ1) is 28.9. The van der Waals surface area contributed by atoms with Crippen LogP contribution in [0.5, 0.6) is 0 Å². The van der Waals surface area contributed by atoms with E-state index in [0.717, 1.165) is 18.2 Å². The Hall–Kier alpha value is -2.10. The van der Waals surface area contributed by atoms with E-state index in [1.54, 1.807) is 26.2 Å². The molecule has 0 aliphatic carbocycles. The number of carbonyl (C=O) groups excluding carboxylic acids is 1. The number of carbonyl (C=O) groups is 1. The third-order valence-electron chi connectivity index (χ3n) is 4.50. The fraction of sp³-hybridized carbons (Fsp3) is 0.478. The number of likely N-dealkylation sites (N-methyl/N-ethyl adjacent to an activating group) is 1. The van der Waals surface area contributed by atoms with Crippen molar-refractivity contribution in [3.05, 3.63) is 57.0 Å². The SMILES string of the molecule is CC/C=C(\NCc1ccc(Cl)c(Cl)c1)NC(=O)/C(NCCOC(CNC)COC)=C(\C)C=N. The third-order valence-corrected chi connectivity index (χ3v) is 5.24. The highest BCUT2D eigenvalue weighted by Crippen LogP contribution is 2.22. The summed E-state index contributed by atoms with van der Waals surface area (Å²) in [6.45, 7) is 6.05. The molecule has 1 amide bonds. The Kier molecular flexibility index (Phi) is 14.5. The van der Waals surface area contributed by atoms with E-state index in [0.29, 0.717) is 60.0 Å². The number of rotatable bonds is 16. The molecule has 0 spiro atoms. The van der Waals surface area contributed by atoms with Gasteiger partial charge in [-0.15, -0.1) is 0 Å². The summed E-state index contributed by atoms with van der Waals surface area (Å²) in [5, 5.41) is 20.8. The molecule has 8 nitrogen and oxygen atoms in total. The molecule has 1 aromatic rings. The molecule has 0 aliphatic rings. The summed E-state index contributed by atoms with van der Waals surface area (Å²) in [6, 6.07) is 5.37. The first-order valence-electron chi connectivity index (χ1n) is 10.8. The minimum atomic E-state index is -0.346. The maximum absolute atomic E-state index is 12.9. The predicted molar refractivity (Wildman–Crippen MR) is 135 cm³/mol. The molecule has 0 aromatic heterocycles. The average Bonchev–Trinajstić information content (AvgIpc) is 2.79. The Morgan fingerprint density at radius 2 is 2.00 bits per heavy atom. The van der Waals surface area contributed by atoms with E-state index in [2.05, 4.69) is 21.3 Å². The average molecular weight is 500 g/mol. The molecule has 5 N–H and O–H groups in total. The molecule has 0 bridgehead atoms. The Morgan fingerprint density at radius 3 is 2.61 bits per heavy atom. The molecule has 0 saturated heterocycles. The van der Waals surface area contributed by atoms with Gasteiger partial charge >= 0.3 is 0 Å². The van der Waals surface area contributed by atoms with Crippen LogP contribution in [0.3, 0.4) is 0 Å². The number of allylic oxidation sites excluding steroid dienone is 2. The lowest BCUT2D eigenvalue weighted by Gasteiger charge is -2.19. The number of methoxy groups -OCH3 is 1. The van der Waals surface area contributed by atoms with Gasteiger partial charge in [0, 0.05) is 33.0 Å². The maximum atomic E-state index is 12.9. The standard InChI is InChI=1S/C23H35Cl2N5O3/c1-5-6-21(29-13-17-7-8-19(24)20(25)11-17)30-23(31)22(16(2)12-26)28-9-10-33-18(14-27-3)15-32-4/h6-8,11-12,18,26-29H,5,9-10,13-15H2,1-4H3,(H,30,31)/b21-6+,22-16-,26-12?. The van der Waals surface area contributed by atoms with Crippen molar-refractivity contribution in [2.24, 2.45) is 0 Å². The minimum Gasteiger partial charge on any atom is -0.382 e. The number of nitrogens with one attached hydrogen (secondary N) is 5. The Bertz CT molecular complexity index is 824. The summed E-state index contributed by atoms with van der Waals surface area (Å²) in [5.41, 5.74) is 1.75. The summed E-state index contributed by atoms with van der Waals surface area (Å²) in [5.74, 6) is 0.220. The van der Waals surface area contributed by atoms with Crippen molar-refractivity contribution in [3.8, 4) is 0 Å². The topological polar surface area (TPSA) is 108 Å². The third kappa shape index (κ3) is 11.0. The van der Waals surface area contributed by atoms with E-state index in [-0.39, 0.29) is 12.0 Å². The number of ether oxygens (including phenoxy) is 2. The first-order chi connectivity index (χ1) is 15.9. The Balaban J connectivity index is 2.73. The molecule has 10 heteroatoms. The van der Waals surface area contributed by atoms with Crippen LogP contribution in [-0.4, -0.2) is 58.7 Å². The zero-order chi connectivity index (χ0) is 24.6. The van der Waals surface area contributed by atoms with Crippen LogP contribution >= 0.6 is 23.2 Å². The van der Waals surface area contributed by atoms with Gasteiger partial charge in [-0.05, 0) is 49.7 Å². The number of amides is 1. The fourth-order valence-corrected chi connectivity index (χ4v) is 3.18. The molecule has 184 valence electrons. The van der Waals surface area contributed by atoms with Crippen LogP contribution in [0.2, 0.25) is 10.0 Å². The summed E-state index contributed by atoms with van der Waals surface area (Å²) in [4.78, 5) is 12.9. The van der Waals surface area contributed by atoms with E-state index in [1.807, 2.05) is 26.1 Å². The van der Waals surface area contributed by atoms with Crippen molar-refractivity contribution in [1.82, 2.24) is 21.3 Å². The summed E-state index contributed by atoms with van der Waals surface area (Å²) in [6.07, 6.45) is 3.66. The lowest BCUT2D eigenvalue weighted by Crippen LogP contribution is -2.38. The van der Waals surface area contributed by atoms with E-state index in [9.17, 15) is 4.79 Å². The summed E-state index contributed by atoms with van der Waals surface area (Å²) < 4.78 is 10.9. The zero-order valence-corrected chi connectivity index (χ0v) is 21.2. The monoisotopic (exact) mass is 499 g/mol. The maximum Gasteiger partial charge on any atom is 0.273 e. The lowest BCUT2D eigenvalue weighted by molar-refractivity contribution is -0.117. The van der Waals surface area contributed by atoms with Gasteiger partial charge in [0.15, 0.2) is 0 Å². The van der Waals surface area contributed by atoms with Crippen molar-refractivity contribution in [2.45, 2.75) is 32.9 Å². The number of hydrogen-bond acceptors (Lipinski definition) is 7. The molecule has 0 radical (unpaired) electrons. The largest absolute Gasteiger partial charge is 0.382 e. The van der Waals surface area contributed by atoms with E-state index in [4.69, 9.17) is 38.1 Å².